The van der Waals surface area contributed by atoms with Gasteiger partial charge in [-0.05, 0) is 60.7 Å². The van der Waals surface area contributed by atoms with Crippen LogP contribution in [0.1, 0.15) is 17.5 Å². The van der Waals surface area contributed by atoms with Crippen molar-refractivity contribution in [2.45, 2.75) is 24.2 Å². The first-order chi connectivity index (χ1) is 14.4. The van der Waals surface area contributed by atoms with Crippen molar-refractivity contribution in [1.82, 2.24) is 4.31 Å². The maximum Gasteiger partial charge on any atom is 0.262 e. The summed E-state index contributed by atoms with van der Waals surface area (Å²) in [4.78, 5) is 12.3. The van der Waals surface area contributed by atoms with Crippen molar-refractivity contribution in [3.05, 3.63) is 52.5 Å². The average molecular weight is 451 g/mol. The van der Waals surface area contributed by atoms with Gasteiger partial charge in [-0.3, -0.25) is 4.79 Å². The maximum absolute atomic E-state index is 12.9. The number of fused-ring (bicyclic) bond motifs is 1. The molecule has 1 amide bonds. The molecule has 2 aromatic carbocycles. The minimum absolute atomic E-state index is 0.0385. The fraction of sp³-hybridized carbons (Fsp3) is 0.381. The van der Waals surface area contributed by atoms with Gasteiger partial charge in [-0.1, -0.05) is 17.7 Å². The van der Waals surface area contributed by atoms with E-state index in [0.717, 1.165) is 19.3 Å². The van der Waals surface area contributed by atoms with E-state index in [0.29, 0.717) is 24.7 Å². The molecule has 0 aromatic heterocycles. The van der Waals surface area contributed by atoms with Crippen molar-refractivity contribution < 1.29 is 22.7 Å². The Morgan fingerprint density at radius 2 is 1.87 bits per heavy atom. The van der Waals surface area contributed by atoms with E-state index < -0.39 is 10.0 Å². The molecule has 4 rings (SSSR count). The molecule has 0 radical (unpaired) electrons. The first kappa shape index (κ1) is 21.1. The Labute approximate surface area is 181 Å². The van der Waals surface area contributed by atoms with Crippen molar-refractivity contribution in [2.24, 2.45) is 0 Å². The van der Waals surface area contributed by atoms with Crippen LogP contribution in [0.3, 0.4) is 0 Å². The lowest BCUT2D eigenvalue weighted by Crippen LogP contribution is -2.40. The second kappa shape index (κ2) is 8.93. The number of nitrogens with zero attached hydrogens (tertiary/aromatic N) is 1. The second-order valence-corrected chi connectivity index (χ2v) is 9.60. The SMILES string of the molecule is O=C(COc1ccc2c(c1)CCC2)Nc1ccc(Cl)c(S(=O)(=O)N2CCOCC2)c1. The molecule has 2 aromatic rings. The predicted octanol–water partition coefficient (Wildman–Crippen LogP) is 2.87. The van der Waals surface area contributed by atoms with Gasteiger partial charge in [0.05, 0.1) is 18.2 Å². The van der Waals surface area contributed by atoms with Gasteiger partial charge in [0.25, 0.3) is 5.91 Å². The van der Waals surface area contributed by atoms with Gasteiger partial charge in [0.15, 0.2) is 6.61 Å². The second-order valence-electron chi connectivity index (χ2n) is 7.28. The molecule has 0 unspecified atom stereocenters. The maximum atomic E-state index is 12.9. The standard InChI is InChI=1S/C21H23ClN2O5S/c22-19-7-5-17(13-20(19)30(26,27)24-8-10-28-11-9-24)23-21(25)14-29-18-6-4-15-2-1-3-16(15)12-18/h4-7,12-13H,1-3,8-11,14H2,(H,23,25). The van der Waals surface area contributed by atoms with Gasteiger partial charge >= 0.3 is 0 Å². The van der Waals surface area contributed by atoms with E-state index in [1.165, 1.54) is 27.6 Å². The summed E-state index contributed by atoms with van der Waals surface area (Å²) < 4.78 is 37.9. The monoisotopic (exact) mass is 450 g/mol. The van der Waals surface area contributed by atoms with Crippen LogP contribution in [0.25, 0.3) is 0 Å². The van der Waals surface area contributed by atoms with E-state index in [1.807, 2.05) is 18.2 Å². The Morgan fingerprint density at radius 3 is 2.67 bits per heavy atom. The Morgan fingerprint density at radius 1 is 1.10 bits per heavy atom. The van der Waals surface area contributed by atoms with Crippen LogP contribution in [-0.2, 0) is 32.4 Å². The fourth-order valence-electron chi connectivity index (χ4n) is 3.69. The van der Waals surface area contributed by atoms with Crippen LogP contribution in [0.5, 0.6) is 5.75 Å². The number of nitrogens with one attached hydrogen (secondary N) is 1. The van der Waals surface area contributed by atoms with Gasteiger partial charge in [-0.15, -0.1) is 0 Å². The highest BCUT2D eigenvalue weighted by atomic mass is 35.5. The number of aryl methyl sites for hydroxylation is 2. The molecule has 7 nitrogen and oxygen atoms in total. The molecule has 9 heteroatoms. The van der Waals surface area contributed by atoms with Crippen LogP contribution in [0.15, 0.2) is 41.3 Å². The number of sulfonamides is 1. The number of rotatable bonds is 6. The molecule has 1 heterocycles. The highest BCUT2D eigenvalue weighted by Crippen LogP contribution is 2.29. The van der Waals surface area contributed by atoms with Crippen LogP contribution < -0.4 is 10.1 Å². The lowest BCUT2D eigenvalue weighted by Gasteiger charge is -2.26. The van der Waals surface area contributed by atoms with Gasteiger partial charge in [0.2, 0.25) is 10.0 Å². The molecule has 2 aliphatic rings. The van der Waals surface area contributed by atoms with Gasteiger partial charge in [0.1, 0.15) is 10.6 Å². The molecule has 1 aliphatic carbocycles. The molecule has 30 heavy (non-hydrogen) atoms. The number of halogens is 1. The summed E-state index contributed by atoms with van der Waals surface area (Å²) in [7, 11) is -3.77. The summed E-state index contributed by atoms with van der Waals surface area (Å²) in [6.45, 7) is 1.04. The van der Waals surface area contributed by atoms with Gasteiger partial charge in [0, 0.05) is 18.8 Å². The number of ether oxygens (including phenoxy) is 2. The molecule has 160 valence electrons. The Kier molecular flexibility index (Phi) is 6.29. The number of hydrogen-bond donors (Lipinski definition) is 1. The number of carbonyl (C=O) groups is 1. The molecule has 1 aliphatic heterocycles. The molecule has 0 atom stereocenters. The molecule has 0 spiro atoms. The van der Waals surface area contributed by atoms with E-state index >= 15 is 0 Å². The molecule has 1 saturated heterocycles. The predicted molar refractivity (Wildman–Crippen MR) is 114 cm³/mol. The first-order valence-electron chi connectivity index (χ1n) is 9.85. The van der Waals surface area contributed by atoms with E-state index in [4.69, 9.17) is 21.1 Å². The van der Waals surface area contributed by atoms with E-state index in [-0.39, 0.29) is 35.5 Å². The quantitative estimate of drug-likeness (QED) is 0.731. The zero-order valence-corrected chi connectivity index (χ0v) is 18.0. The molecule has 0 saturated carbocycles. The zero-order valence-electron chi connectivity index (χ0n) is 16.4. The molecular weight excluding hydrogens is 428 g/mol. The first-order valence-corrected chi connectivity index (χ1v) is 11.7. The Bertz CT molecular complexity index is 1050. The summed E-state index contributed by atoms with van der Waals surface area (Å²) in [6.07, 6.45) is 3.26. The third-order valence-corrected chi connectivity index (χ3v) is 7.62. The van der Waals surface area contributed by atoms with Crippen molar-refractivity contribution >= 4 is 33.2 Å². The number of benzene rings is 2. The van der Waals surface area contributed by atoms with Crippen LogP contribution in [-0.4, -0.2) is 51.5 Å². The van der Waals surface area contributed by atoms with Crippen LogP contribution in [0.4, 0.5) is 5.69 Å². The number of anilines is 1. The van der Waals surface area contributed by atoms with Gasteiger partial charge in [-0.2, -0.15) is 4.31 Å². The van der Waals surface area contributed by atoms with E-state index in [2.05, 4.69) is 5.32 Å². The minimum atomic E-state index is -3.77. The molecular formula is C21H23ClN2O5S. The summed E-state index contributed by atoms with van der Waals surface area (Å²) in [5, 5.41) is 2.78. The van der Waals surface area contributed by atoms with Crippen LogP contribution in [0, 0.1) is 0 Å². The topological polar surface area (TPSA) is 84.9 Å². The molecule has 1 fully saturated rings. The van der Waals surface area contributed by atoms with E-state index in [1.54, 1.807) is 6.07 Å². The lowest BCUT2D eigenvalue weighted by atomic mass is 10.1. The van der Waals surface area contributed by atoms with Crippen molar-refractivity contribution in [1.29, 1.82) is 0 Å². The average Bonchev–Trinajstić information content (AvgIpc) is 3.22. The van der Waals surface area contributed by atoms with Crippen LogP contribution in [0.2, 0.25) is 5.02 Å². The molecule has 0 bridgehead atoms. The van der Waals surface area contributed by atoms with Crippen LogP contribution >= 0.6 is 11.6 Å². The summed E-state index contributed by atoms with van der Waals surface area (Å²) in [6, 6.07) is 10.3. The normalized spacial score (nSPS) is 16.8. The summed E-state index contributed by atoms with van der Waals surface area (Å²) in [5.41, 5.74) is 2.94. The Hall–Kier alpha value is -2.13. The lowest BCUT2D eigenvalue weighted by molar-refractivity contribution is -0.118. The largest absolute Gasteiger partial charge is 0.484 e. The van der Waals surface area contributed by atoms with Gasteiger partial charge in [-0.25, -0.2) is 8.42 Å². The zero-order chi connectivity index (χ0) is 21.1. The third-order valence-electron chi connectivity index (χ3n) is 5.24. The summed E-state index contributed by atoms with van der Waals surface area (Å²) >= 11 is 6.15. The highest BCUT2D eigenvalue weighted by Gasteiger charge is 2.28. The number of morpholine rings is 1. The van der Waals surface area contributed by atoms with E-state index in [9.17, 15) is 13.2 Å². The third kappa shape index (κ3) is 4.62. The smallest absolute Gasteiger partial charge is 0.262 e. The number of amides is 1. The van der Waals surface area contributed by atoms with Gasteiger partial charge < -0.3 is 14.8 Å². The fourth-order valence-corrected chi connectivity index (χ4v) is 5.60. The number of hydrogen-bond acceptors (Lipinski definition) is 5. The summed E-state index contributed by atoms with van der Waals surface area (Å²) in [5.74, 6) is 0.269. The van der Waals surface area contributed by atoms with Crippen molar-refractivity contribution in [3.63, 3.8) is 0 Å². The Balaban J connectivity index is 1.42. The van der Waals surface area contributed by atoms with Crippen molar-refractivity contribution in [2.75, 3.05) is 38.2 Å². The molecule has 1 N–H and O–H groups in total. The number of carbonyl (C=O) groups excluding carboxylic acids is 1. The van der Waals surface area contributed by atoms with Crippen molar-refractivity contribution in [3.8, 4) is 5.75 Å². The highest BCUT2D eigenvalue weighted by molar-refractivity contribution is 7.89. The minimum Gasteiger partial charge on any atom is -0.484 e.